The minimum absolute atomic E-state index is 0.0476. The highest BCUT2D eigenvalue weighted by molar-refractivity contribution is 6.91. The van der Waals surface area contributed by atoms with Crippen LogP contribution in [0.2, 0.25) is 18.6 Å². The van der Waals surface area contributed by atoms with Crippen molar-refractivity contribution in [3.05, 3.63) is 107 Å². The van der Waals surface area contributed by atoms with Crippen LogP contribution >= 0.6 is 0 Å². The maximum Gasteiger partial charge on any atom is 0.264 e. The summed E-state index contributed by atoms with van der Waals surface area (Å²) < 4.78 is 12.8. The molecule has 10 nitrogen and oxygen atoms in total. The summed E-state index contributed by atoms with van der Waals surface area (Å²) in [6, 6.07) is 23.4. The second-order valence-electron chi connectivity index (χ2n) is 17.0. The summed E-state index contributed by atoms with van der Waals surface area (Å²) in [6.45, 7) is 14.5. The van der Waals surface area contributed by atoms with E-state index in [4.69, 9.17) is 9.47 Å². The molecule has 3 N–H and O–H groups in total. The van der Waals surface area contributed by atoms with E-state index in [0.29, 0.717) is 24.3 Å². The molecular weight excluding hydrogens is 745 g/mol. The van der Waals surface area contributed by atoms with Crippen LogP contribution in [-0.4, -0.2) is 81.3 Å². The number of carbonyl (C=O) groups is 3. The van der Waals surface area contributed by atoms with Gasteiger partial charge in [-0.1, -0.05) is 91.0 Å². The molecule has 310 valence electrons. The Morgan fingerprint density at radius 1 is 1.07 bits per heavy atom. The van der Waals surface area contributed by atoms with Gasteiger partial charge in [-0.2, -0.15) is 0 Å². The number of methoxy groups -OCH3 is 1. The standard InChI is InChI=1S/C47H62N4O6Si/c1-32(2)13-11-14-33(3)24-26-51-41-23-18-36(49-45(54)40-17-12-25-48-40)29-39(41)47(46(51)55)34(4)44(58(6,7)38-21-19-37(56-5)20-22-38)42(57-47)30-43(53)50(27-28-52)31-35-15-9-8-10-16-35/h8-10,13,15-16,18-24,29,34,40,42,44,48,52H,11-12,14,17,25-28,30-31H2,1-7H3,(H,49,54)/b33-24+/t34-,40+,42+,44-,47+/m0/s1. The van der Waals surface area contributed by atoms with Crippen molar-refractivity contribution in [2.45, 2.75) is 103 Å². The van der Waals surface area contributed by atoms with Crippen LogP contribution < -0.4 is 25.5 Å². The first-order chi connectivity index (χ1) is 27.8. The maximum atomic E-state index is 15.4. The van der Waals surface area contributed by atoms with Crippen molar-refractivity contribution >= 4 is 42.4 Å². The molecule has 5 atom stereocenters. The zero-order valence-corrected chi connectivity index (χ0v) is 36.3. The number of aliphatic hydroxyl groups is 1. The normalized spacial score (nSPS) is 22.9. The van der Waals surface area contributed by atoms with Gasteiger partial charge >= 0.3 is 0 Å². The minimum Gasteiger partial charge on any atom is -0.497 e. The number of benzene rings is 3. The van der Waals surface area contributed by atoms with E-state index in [9.17, 15) is 14.7 Å². The van der Waals surface area contributed by atoms with Gasteiger partial charge in [-0.05, 0) is 94.4 Å². The third kappa shape index (κ3) is 9.02. The number of amides is 3. The van der Waals surface area contributed by atoms with Gasteiger partial charge in [0.2, 0.25) is 11.8 Å². The molecule has 0 aliphatic carbocycles. The Balaban J connectivity index is 1.42. The summed E-state index contributed by atoms with van der Waals surface area (Å²) in [5, 5.41) is 17.7. The van der Waals surface area contributed by atoms with E-state index in [1.165, 1.54) is 16.3 Å². The fourth-order valence-corrected chi connectivity index (χ4v) is 13.4. The number of rotatable bonds is 16. The van der Waals surface area contributed by atoms with Gasteiger partial charge in [-0.3, -0.25) is 14.4 Å². The molecule has 11 heteroatoms. The molecule has 3 aromatic rings. The highest BCUT2D eigenvalue weighted by atomic mass is 28.3. The number of carbonyl (C=O) groups excluding carboxylic acids is 3. The van der Waals surface area contributed by atoms with Gasteiger partial charge in [0.05, 0.1) is 46.0 Å². The maximum absolute atomic E-state index is 15.4. The molecule has 0 aromatic heterocycles. The molecule has 3 aliphatic heterocycles. The number of nitrogens with zero attached hydrogens (tertiary/aromatic N) is 2. The van der Waals surface area contributed by atoms with Crippen LogP contribution in [0.15, 0.2) is 96.1 Å². The van der Waals surface area contributed by atoms with Crippen LogP contribution in [0.5, 0.6) is 5.75 Å². The molecule has 1 spiro atoms. The Labute approximate surface area is 345 Å². The number of hydrogen-bond donors (Lipinski definition) is 3. The molecule has 2 saturated heterocycles. The largest absolute Gasteiger partial charge is 0.497 e. The zero-order valence-electron chi connectivity index (χ0n) is 35.3. The Hall–Kier alpha value is -4.55. The molecule has 3 heterocycles. The molecule has 0 bridgehead atoms. The Kier molecular flexibility index (Phi) is 13.8. The third-order valence-electron chi connectivity index (χ3n) is 12.5. The van der Waals surface area contributed by atoms with Gasteiger partial charge in [-0.25, -0.2) is 0 Å². The molecule has 3 amide bonds. The van der Waals surface area contributed by atoms with Gasteiger partial charge in [0.25, 0.3) is 5.91 Å². The Morgan fingerprint density at radius 2 is 1.81 bits per heavy atom. The summed E-state index contributed by atoms with van der Waals surface area (Å²) in [7, 11) is -0.902. The highest BCUT2D eigenvalue weighted by Gasteiger charge is 2.66. The van der Waals surface area contributed by atoms with Crippen LogP contribution in [-0.2, 0) is 31.3 Å². The second-order valence-corrected chi connectivity index (χ2v) is 21.7. The lowest BCUT2D eigenvalue weighted by molar-refractivity contribution is -0.149. The SMILES string of the molecule is COc1ccc([Si](C)(C)[C@@H]2[C@@H](CC(=O)N(CCO)Cc3ccccc3)O[C@]3(C(=O)N(C/C=C(\C)CCC=C(C)C)c4ccc(NC(=O)[C@H]5CCCN5)cc43)[C@H]2C)cc1. The summed E-state index contributed by atoms with van der Waals surface area (Å²) in [4.78, 5) is 46.8. The van der Waals surface area contributed by atoms with E-state index in [2.05, 4.69) is 75.7 Å². The van der Waals surface area contributed by atoms with Gasteiger partial charge in [0.15, 0.2) is 5.60 Å². The highest BCUT2D eigenvalue weighted by Crippen LogP contribution is 2.60. The van der Waals surface area contributed by atoms with Crippen molar-refractivity contribution in [3.63, 3.8) is 0 Å². The van der Waals surface area contributed by atoms with Crippen LogP contribution in [0.3, 0.4) is 0 Å². The van der Waals surface area contributed by atoms with Crippen molar-refractivity contribution in [3.8, 4) is 5.75 Å². The number of ether oxygens (including phenoxy) is 2. The van der Waals surface area contributed by atoms with E-state index in [1.807, 2.05) is 65.6 Å². The molecule has 58 heavy (non-hydrogen) atoms. The monoisotopic (exact) mass is 806 g/mol. The van der Waals surface area contributed by atoms with Gasteiger partial charge in [0, 0.05) is 36.8 Å². The molecule has 3 aliphatic rings. The van der Waals surface area contributed by atoms with Crippen molar-refractivity contribution in [2.75, 3.05) is 43.6 Å². The zero-order chi connectivity index (χ0) is 41.6. The summed E-state index contributed by atoms with van der Waals surface area (Å²) in [6.07, 6.45) is 7.33. The van der Waals surface area contributed by atoms with Crippen molar-refractivity contribution in [1.29, 1.82) is 0 Å². The molecule has 6 rings (SSSR count). The molecule has 0 unspecified atom stereocenters. The third-order valence-corrected chi connectivity index (χ3v) is 16.9. The smallest absolute Gasteiger partial charge is 0.264 e. The molecular formula is C47H62N4O6Si. The van der Waals surface area contributed by atoms with E-state index in [-0.39, 0.29) is 54.8 Å². The summed E-state index contributed by atoms with van der Waals surface area (Å²) in [5.41, 5.74) is 3.94. The van der Waals surface area contributed by atoms with Gasteiger partial charge in [0.1, 0.15) is 5.75 Å². The lowest BCUT2D eigenvalue weighted by Gasteiger charge is -2.37. The lowest BCUT2D eigenvalue weighted by atomic mass is 9.82. The second kappa shape index (κ2) is 18.6. The Bertz CT molecular complexity index is 1990. The topological polar surface area (TPSA) is 120 Å². The first kappa shape index (κ1) is 43.0. The fraction of sp³-hybridized carbons (Fsp3) is 0.468. The molecule has 0 radical (unpaired) electrons. The average molecular weight is 807 g/mol. The number of allylic oxidation sites excluding steroid dienone is 3. The molecule has 2 fully saturated rings. The lowest BCUT2D eigenvalue weighted by Crippen LogP contribution is -2.52. The van der Waals surface area contributed by atoms with E-state index in [1.54, 1.807) is 12.0 Å². The molecule has 0 saturated carbocycles. The van der Waals surface area contributed by atoms with Crippen LogP contribution in [0.4, 0.5) is 11.4 Å². The quantitative estimate of drug-likeness (QED) is 0.105. The van der Waals surface area contributed by atoms with E-state index < -0.39 is 19.8 Å². The number of aliphatic hydroxyl groups excluding tert-OH is 1. The molecule has 3 aromatic carbocycles. The first-order valence-corrected chi connectivity index (χ1v) is 23.9. The van der Waals surface area contributed by atoms with Gasteiger partial charge in [-0.15, -0.1) is 0 Å². The van der Waals surface area contributed by atoms with Crippen molar-refractivity contribution < 1.29 is 29.0 Å². The van der Waals surface area contributed by atoms with Gasteiger partial charge < -0.3 is 35.0 Å². The van der Waals surface area contributed by atoms with Crippen LogP contribution in [0, 0.1) is 5.92 Å². The van der Waals surface area contributed by atoms with E-state index >= 15 is 4.79 Å². The van der Waals surface area contributed by atoms with Crippen LogP contribution in [0.1, 0.15) is 70.9 Å². The predicted molar refractivity (Wildman–Crippen MR) is 234 cm³/mol. The predicted octanol–water partition coefficient (Wildman–Crippen LogP) is 7.05. The van der Waals surface area contributed by atoms with Crippen LogP contribution in [0.25, 0.3) is 0 Å². The Morgan fingerprint density at radius 3 is 2.47 bits per heavy atom. The summed E-state index contributed by atoms with van der Waals surface area (Å²) in [5.74, 6) is 0.0327. The average Bonchev–Trinajstić information content (AvgIpc) is 3.91. The number of hydrogen-bond acceptors (Lipinski definition) is 7. The van der Waals surface area contributed by atoms with E-state index in [0.717, 1.165) is 49.2 Å². The minimum atomic E-state index is -2.55. The number of nitrogens with one attached hydrogen (secondary N) is 2. The first-order valence-electron chi connectivity index (χ1n) is 20.8. The fourth-order valence-electron chi connectivity index (χ4n) is 9.37. The summed E-state index contributed by atoms with van der Waals surface area (Å²) >= 11 is 0. The van der Waals surface area contributed by atoms with Crippen molar-refractivity contribution in [1.82, 2.24) is 10.2 Å². The van der Waals surface area contributed by atoms with Crippen molar-refractivity contribution in [2.24, 2.45) is 5.92 Å². The number of fused-ring (bicyclic) bond motifs is 2. The number of anilines is 2.